The van der Waals surface area contributed by atoms with Gasteiger partial charge in [0.1, 0.15) is 11.0 Å². The van der Waals surface area contributed by atoms with E-state index >= 15 is 0 Å². The molecular formula is C13H16ClN5S. The Bertz CT molecular complexity index is 621. The number of thiazole rings is 1. The third-order valence-corrected chi connectivity index (χ3v) is 4.86. The average molecular weight is 310 g/mol. The molecule has 20 heavy (non-hydrogen) atoms. The molecule has 2 aromatic rings. The van der Waals surface area contributed by atoms with E-state index in [1.54, 1.807) is 17.4 Å². The summed E-state index contributed by atoms with van der Waals surface area (Å²) in [7, 11) is 2.02. The lowest BCUT2D eigenvalue weighted by Gasteiger charge is -2.31. The SMILES string of the molecule is Cc1nc2c(s1)[C@@H](N(C)c1cc(Cl)nc(N)n1)CCC2. The number of hydrogen-bond donors (Lipinski definition) is 1. The number of aromatic nitrogens is 3. The minimum absolute atomic E-state index is 0.205. The van der Waals surface area contributed by atoms with Crippen molar-refractivity contribution < 1.29 is 0 Å². The summed E-state index contributed by atoms with van der Waals surface area (Å²) < 4.78 is 0. The molecule has 106 valence electrons. The molecule has 0 aliphatic heterocycles. The smallest absolute Gasteiger partial charge is 0.223 e. The Morgan fingerprint density at radius 2 is 2.20 bits per heavy atom. The largest absolute Gasteiger partial charge is 0.368 e. The summed E-state index contributed by atoms with van der Waals surface area (Å²) in [6, 6.07) is 2.04. The lowest BCUT2D eigenvalue weighted by Crippen LogP contribution is -2.27. The van der Waals surface area contributed by atoms with Gasteiger partial charge >= 0.3 is 0 Å². The van der Waals surface area contributed by atoms with Crippen LogP contribution in [0.3, 0.4) is 0 Å². The van der Waals surface area contributed by atoms with E-state index in [1.165, 1.54) is 10.6 Å². The predicted molar refractivity (Wildman–Crippen MR) is 82.4 cm³/mol. The minimum Gasteiger partial charge on any atom is -0.368 e. The first kappa shape index (κ1) is 13.6. The number of nitrogens with zero attached hydrogens (tertiary/aromatic N) is 4. The van der Waals surface area contributed by atoms with Crippen LogP contribution in [0, 0.1) is 6.92 Å². The normalized spacial score (nSPS) is 17.9. The lowest BCUT2D eigenvalue weighted by molar-refractivity contribution is 0.545. The molecule has 2 N–H and O–H groups in total. The van der Waals surface area contributed by atoms with Gasteiger partial charge in [0.05, 0.1) is 21.6 Å². The molecule has 0 radical (unpaired) electrons. The molecular weight excluding hydrogens is 294 g/mol. The van der Waals surface area contributed by atoms with E-state index in [2.05, 4.69) is 26.8 Å². The van der Waals surface area contributed by atoms with E-state index in [4.69, 9.17) is 17.3 Å². The van der Waals surface area contributed by atoms with Crippen molar-refractivity contribution >= 4 is 34.7 Å². The van der Waals surface area contributed by atoms with E-state index in [9.17, 15) is 0 Å². The number of nitrogens with two attached hydrogens (primary N) is 1. The number of halogens is 1. The van der Waals surface area contributed by atoms with E-state index in [0.29, 0.717) is 5.15 Å². The molecule has 3 rings (SSSR count). The fourth-order valence-corrected chi connectivity index (χ4v) is 3.99. The lowest BCUT2D eigenvalue weighted by atomic mass is 9.97. The van der Waals surface area contributed by atoms with Crippen LogP contribution in [0.5, 0.6) is 0 Å². The molecule has 0 saturated heterocycles. The number of fused-ring (bicyclic) bond motifs is 1. The Balaban J connectivity index is 1.96. The van der Waals surface area contributed by atoms with Gasteiger partial charge in [-0.3, -0.25) is 0 Å². The maximum atomic E-state index is 5.97. The highest BCUT2D eigenvalue weighted by atomic mass is 35.5. The van der Waals surface area contributed by atoms with Crippen LogP contribution < -0.4 is 10.6 Å². The molecule has 2 aromatic heterocycles. The summed E-state index contributed by atoms with van der Waals surface area (Å²) in [6.07, 6.45) is 3.29. The molecule has 2 heterocycles. The molecule has 0 amide bonds. The summed E-state index contributed by atoms with van der Waals surface area (Å²) >= 11 is 7.74. The van der Waals surface area contributed by atoms with Crippen LogP contribution in [0.4, 0.5) is 11.8 Å². The van der Waals surface area contributed by atoms with Gasteiger partial charge in [-0.2, -0.15) is 4.98 Å². The first-order chi connectivity index (χ1) is 9.54. The van der Waals surface area contributed by atoms with E-state index < -0.39 is 0 Å². The van der Waals surface area contributed by atoms with Crippen LogP contribution in [0.15, 0.2) is 6.07 Å². The van der Waals surface area contributed by atoms with Crippen molar-refractivity contribution in [1.82, 2.24) is 15.0 Å². The van der Waals surface area contributed by atoms with E-state index in [1.807, 2.05) is 7.05 Å². The topological polar surface area (TPSA) is 67.9 Å². The van der Waals surface area contributed by atoms with Crippen LogP contribution >= 0.6 is 22.9 Å². The van der Waals surface area contributed by atoms with Gasteiger partial charge < -0.3 is 10.6 Å². The Morgan fingerprint density at radius 3 is 2.95 bits per heavy atom. The zero-order valence-corrected chi connectivity index (χ0v) is 13.0. The highest BCUT2D eigenvalue weighted by molar-refractivity contribution is 7.11. The van der Waals surface area contributed by atoms with Gasteiger partial charge in [-0.1, -0.05) is 11.6 Å². The molecule has 0 spiro atoms. The van der Waals surface area contributed by atoms with Gasteiger partial charge in [0.15, 0.2) is 0 Å². The molecule has 5 nitrogen and oxygen atoms in total. The van der Waals surface area contributed by atoms with Crippen LogP contribution in [0.25, 0.3) is 0 Å². The van der Waals surface area contributed by atoms with Crippen LogP contribution in [-0.4, -0.2) is 22.0 Å². The second-order valence-corrected chi connectivity index (χ2v) is 6.59. The monoisotopic (exact) mass is 309 g/mol. The van der Waals surface area contributed by atoms with Crippen molar-refractivity contribution in [3.63, 3.8) is 0 Å². The molecule has 0 unspecified atom stereocenters. The molecule has 0 bridgehead atoms. The van der Waals surface area contributed by atoms with Crippen molar-refractivity contribution in [3.05, 3.63) is 26.8 Å². The van der Waals surface area contributed by atoms with Gasteiger partial charge in [0.25, 0.3) is 0 Å². The number of anilines is 2. The van der Waals surface area contributed by atoms with Gasteiger partial charge in [-0.25, -0.2) is 9.97 Å². The maximum Gasteiger partial charge on any atom is 0.223 e. The molecule has 0 saturated carbocycles. The van der Waals surface area contributed by atoms with E-state index in [0.717, 1.165) is 30.1 Å². The molecule has 7 heteroatoms. The maximum absolute atomic E-state index is 5.97. The highest BCUT2D eigenvalue weighted by Crippen LogP contribution is 2.39. The second kappa shape index (κ2) is 5.18. The van der Waals surface area contributed by atoms with Crippen LogP contribution in [-0.2, 0) is 6.42 Å². The molecule has 0 aromatic carbocycles. The number of aryl methyl sites for hydroxylation is 2. The van der Waals surface area contributed by atoms with Crippen molar-refractivity contribution in [3.8, 4) is 0 Å². The standard InChI is InChI=1S/C13H16ClN5S/c1-7-16-8-4-3-5-9(12(8)20-7)19(2)11-6-10(14)17-13(15)18-11/h6,9H,3-5H2,1-2H3,(H2,15,17,18)/t9-/m0/s1. The van der Waals surface area contributed by atoms with Crippen LogP contribution in [0.1, 0.15) is 34.5 Å². The van der Waals surface area contributed by atoms with Gasteiger partial charge in [0.2, 0.25) is 5.95 Å². The predicted octanol–water partition coefficient (Wildman–Crippen LogP) is 2.99. The second-order valence-electron chi connectivity index (χ2n) is 4.97. The fraction of sp³-hybridized carbons (Fsp3) is 0.462. The first-order valence-electron chi connectivity index (χ1n) is 6.53. The third kappa shape index (κ3) is 2.45. The molecule has 1 aliphatic carbocycles. The summed E-state index contributed by atoms with van der Waals surface area (Å²) in [4.78, 5) is 16.3. The number of hydrogen-bond acceptors (Lipinski definition) is 6. The zero-order valence-electron chi connectivity index (χ0n) is 11.4. The highest BCUT2D eigenvalue weighted by Gasteiger charge is 2.28. The Kier molecular flexibility index (Phi) is 3.52. The Labute approximate surface area is 126 Å². The van der Waals surface area contributed by atoms with Crippen molar-refractivity contribution in [2.45, 2.75) is 32.2 Å². The third-order valence-electron chi connectivity index (χ3n) is 3.56. The first-order valence-corrected chi connectivity index (χ1v) is 7.73. The average Bonchev–Trinajstić information content (AvgIpc) is 2.76. The summed E-state index contributed by atoms with van der Waals surface area (Å²) in [5.74, 6) is 0.960. The fourth-order valence-electron chi connectivity index (χ4n) is 2.65. The van der Waals surface area contributed by atoms with Gasteiger partial charge in [-0.15, -0.1) is 11.3 Å². The van der Waals surface area contributed by atoms with Crippen molar-refractivity contribution in [2.24, 2.45) is 0 Å². The summed E-state index contributed by atoms with van der Waals surface area (Å²) in [5, 5.41) is 1.49. The molecule has 0 fully saturated rings. The summed E-state index contributed by atoms with van der Waals surface area (Å²) in [6.45, 7) is 2.06. The summed E-state index contributed by atoms with van der Waals surface area (Å²) in [5.41, 5.74) is 6.91. The number of rotatable bonds is 2. The Hall–Kier alpha value is -1.40. The van der Waals surface area contributed by atoms with E-state index in [-0.39, 0.29) is 12.0 Å². The molecule has 1 atom stereocenters. The molecule has 1 aliphatic rings. The van der Waals surface area contributed by atoms with Gasteiger partial charge in [-0.05, 0) is 26.2 Å². The Morgan fingerprint density at radius 1 is 1.40 bits per heavy atom. The minimum atomic E-state index is 0.205. The number of nitrogen functional groups attached to an aromatic ring is 1. The zero-order chi connectivity index (χ0) is 14.3. The van der Waals surface area contributed by atoms with Crippen molar-refractivity contribution in [2.75, 3.05) is 17.7 Å². The van der Waals surface area contributed by atoms with Gasteiger partial charge in [0, 0.05) is 13.1 Å². The quantitative estimate of drug-likeness (QED) is 0.864. The van der Waals surface area contributed by atoms with Crippen molar-refractivity contribution in [1.29, 1.82) is 0 Å². The van der Waals surface area contributed by atoms with Crippen LogP contribution in [0.2, 0.25) is 5.15 Å².